The van der Waals surface area contributed by atoms with Crippen molar-refractivity contribution in [2.45, 2.75) is 25.9 Å². The van der Waals surface area contributed by atoms with E-state index in [1.165, 1.54) is 0 Å². The summed E-state index contributed by atoms with van der Waals surface area (Å²) in [5, 5.41) is 27.5. The number of nitriles is 2. The fourth-order valence-corrected chi connectivity index (χ4v) is 2.85. The number of hydrogen-bond acceptors (Lipinski definition) is 4. The van der Waals surface area contributed by atoms with E-state index in [1.54, 1.807) is 23.8 Å². The number of aromatic carboxylic acids is 1. The molecule has 1 aliphatic rings. The quantitative estimate of drug-likeness (QED) is 0.900. The summed E-state index contributed by atoms with van der Waals surface area (Å²) in [4.78, 5) is 11.6. The summed E-state index contributed by atoms with van der Waals surface area (Å²) in [6.45, 7) is 1.90. The van der Waals surface area contributed by atoms with Crippen LogP contribution in [0.25, 0.3) is 5.57 Å². The summed E-state index contributed by atoms with van der Waals surface area (Å²) in [5.74, 6) is -1.06. The lowest BCUT2D eigenvalue weighted by Crippen LogP contribution is -2.13. The van der Waals surface area contributed by atoms with E-state index in [4.69, 9.17) is 10.00 Å². The highest BCUT2D eigenvalue weighted by atomic mass is 16.5. The Bertz CT molecular complexity index is 772. The third-order valence-electron chi connectivity index (χ3n) is 3.88. The van der Waals surface area contributed by atoms with Crippen LogP contribution in [0.1, 0.15) is 40.7 Å². The van der Waals surface area contributed by atoms with E-state index >= 15 is 0 Å². The lowest BCUT2D eigenvalue weighted by molar-refractivity contribution is 0.0686. The second-order valence-corrected chi connectivity index (χ2v) is 5.14. The molecule has 0 saturated heterocycles. The van der Waals surface area contributed by atoms with E-state index in [1.807, 2.05) is 19.1 Å². The number of hydrogen-bond donors (Lipinski definition) is 1. The van der Waals surface area contributed by atoms with E-state index in [0.717, 1.165) is 0 Å². The number of ether oxygens (including phenoxy) is 1. The van der Waals surface area contributed by atoms with Gasteiger partial charge in [-0.2, -0.15) is 10.5 Å². The molecule has 1 aromatic heterocycles. The molecule has 1 aromatic rings. The molecular weight excluding hydrogens is 294 g/mol. The topological polar surface area (TPSA) is 99.0 Å². The molecule has 1 atom stereocenters. The Hall–Kier alpha value is -2.83. The molecule has 0 saturated carbocycles. The Balaban J connectivity index is 2.47. The number of carboxylic acids is 1. The van der Waals surface area contributed by atoms with Gasteiger partial charge in [0.1, 0.15) is 18.4 Å². The molecule has 0 radical (unpaired) electrons. The molecule has 2 rings (SSSR count). The average molecular weight is 311 g/mol. The second-order valence-electron chi connectivity index (χ2n) is 5.14. The average Bonchev–Trinajstić information content (AvgIpc) is 2.85. The van der Waals surface area contributed by atoms with Gasteiger partial charge in [-0.3, -0.25) is 0 Å². The minimum absolute atomic E-state index is 0.00726. The van der Waals surface area contributed by atoms with Crippen LogP contribution in [-0.2, 0) is 18.2 Å². The number of nitrogens with zero attached hydrogens (tertiary/aromatic N) is 3. The lowest BCUT2D eigenvalue weighted by atomic mass is 9.94. The molecule has 1 heterocycles. The van der Waals surface area contributed by atoms with Crippen LogP contribution in [0.5, 0.6) is 0 Å². The van der Waals surface area contributed by atoms with Gasteiger partial charge < -0.3 is 14.4 Å². The Morgan fingerprint density at radius 2 is 2.26 bits per heavy atom. The van der Waals surface area contributed by atoms with Gasteiger partial charge in [0.2, 0.25) is 0 Å². The predicted molar refractivity (Wildman–Crippen MR) is 83.6 cm³/mol. The van der Waals surface area contributed by atoms with Gasteiger partial charge in [0.15, 0.2) is 0 Å². The molecule has 1 N–H and O–H groups in total. The summed E-state index contributed by atoms with van der Waals surface area (Å²) >= 11 is 0. The smallest absolute Gasteiger partial charge is 0.353 e. The fraction of sp³-hybridized carbons (Fsp3) is 0.353. The van der Waals surface area contributed by atoms with Crippen molar-refractivity contribution in [2.75, 3.05) is 6.61 Å². The highest BCUT2D eigenvalue weighted by Crippen LogP contribution is 2.32. The highest BCUT2D eigenvalue weighted by molar-refractivity contribution is 5.97. The first-order valence-electron chi connectivity index (χ1n) is 7.27. The SMILES string of the molecule is CCc1c(C#N)c(C2=CCC(OCC#N)C=C2)c(C(=O)O)n1C. The number of rotatable bonds is 5. The maximum atomic E-state index is 11.6. The van der Waals surface area contributed by atoms with Gasteiger partial charge in [-0.1, -0.05) is 25.2 Å². The van der Waals surface area contributed by atoms with E-state index in [-0.39, 0.29) is 18.4 Å². The van der Waals surface area contributed by atoms with Crippen molar-refractivity contribution in [3.05, 3.63) is 40.7 Å². The first-order chi connectivity index (χ1) is 11.0. The van der Waals surface area contributed by atoms with Crippen LogP contribution in [-0.4, -0.2) is 28.4 Å². The summed E-state index contributed by atoms with van der Waals surface area (Å²) in [7, 11) is 1.67. The van der Waals surface area contributed by atoms with Crippen molar-refractivity contribution in [1.82, 2.24) is 4.57 Å². The van der Waals surface area contributed by atoms with Gasteiger partial charge in [-0.05, 0) is 18.4 Å². The molecule has 118 valence electrons. The van der Waals surface area contributed by atoms with E-state index in [0.29, 0.717) is 35.2 Å². The normalized spacial score (nSPS) is 16.5. The number of aromatic nitrogens is 1. The van der Waals surface area contributed by atoms with Crippen LogP contribution in [0.3, 0.4) is 0 Å². The monoisotopic (exact) mass is 311 g/mol. The first kappa shape index (κ1) is 16.5. The Labute approximate surface area is 134 Å². The van der Waals surface area contributed by atoms with Crippen molar-refractivity contribution in [3.8, 4) is 12.1 Å². The first-order valence-corrected chi connectivity index (χ1v) is 7.27. The number of carboxylic acid groups (broad SMARTS) is 1. The van der Waals surface area contributed by atoms with Crippen molar-refractivity contribution in [1.29, 1.82) is 10.5 Å². The predicted octanol–water partition coefficient (Wildman–Crippen LogP) is 2.41. The summed E-state index contributed by atoms with van der Waals surface area (Å²) in [6, 6.07) is 4.06. The largest absolute Gasteiger partial charge is 0.477 e. The molecule has 1 unspecified atom stereocenters. The maximum Gasteiger partial charge on any atom is 0.353 e. The van der Waals surface area contributed by atoms with Crippen molar-refractivity contribution < 1.29 is 14.6 Å². The van der Waals surface area contributed by atoms with Gasteiger partial charge in [-0.25, -0.2) is 4.79 Å². The van der Waals surface area contributed by atoms with E-state index < -0.39 is 5.97 Å². The van der Waals surface area contributed by atoms with Crippen molar-refractivity contribution >= 4 is 11.5 Å². The summed E-state index contributed by atoms with van der Waals surface area (Å²) in [6.07, 6.45) is 6.31. The number of carbonyl (C=O) groups is 1. The minimum atomic E-state index is -1.06. The Morgan fingerprint density at radius 1 is 1.52 bits per heavy atom. The van der Waals surface area contributed by atoms with Crippen molar-refractivity contribution in [2.24, 2.45) is 7.05 Å². The van der Waals surface area contributed by atoms with E-state index in [2.05, 4.69) is 6.07 Å². The molecule has 0 bridgehead atoms. The van der Waals surface area contributed by atoms with Crippen LogP contribution >= 0.6 is 0 Å². The second kappa shape index (κ2) is 6.95. The van der Waals surface area contributed by atoms with Gasteiger partial charge in [0, 0.05) is 18.3 Å². The molecule has 0 aromatic carbocycles. The van der Waals surface area contributed by atoms with E-state index in [9.17, 15) is 15.2 Å². The molecule has 0 fully saturated rings. The molecule has 0 spiro atoms. The molecule has 1 aliphatic carbocycles. The molecule has 23 heavy (non-hydrogen) atoms. The summed E-state index contributed by atoms with van der Waals surface area (Å²) < 4.78 is 6.89. The Kier molecular flexibility index (Phi) is 5.00. The molecule has 0 amide bonds. The van der Waals surface area contributed by atoms with Crippen LogP contribution in [0.15, 0.2) is 18.2 Å². The fourth-order valence-electron chi connectivity index (χ4n) is 2.85. The molecular formula is C17H17N3O3. The van der Waals surface area contributed by atoms with Gasteiger partial charge in [0.05, 0.1) is 17.7 Å². The maximum absolute atomic E-state index is 11.6. The Morgan fingerprint density at radius 3 is 2.74 bits per heavy atom. The van der Waals surface area contributed by atoms with Gasteiger partial charge in [-0.15, -0.1) is 0 Å². The van der Waals surface area contributed by atoms with Crippen LogP contribution < -0.4 is 0 Å². The zero-order valence-corrected chi connectivity index (χ0v) is 13.0. The summed E-state index contributed by atoms with van der Waals surface area (Å²) in [5.41, 5.74) is 2.38. The standard InChI is InChI=1S/C17H17N3O3/c1-3-14-13(10-19)15(16(17(21)22)20(14)2)11-4-6-12(7-5-11)23-9-8-18/h4-6,12H,3,7,9H2,1-2H3,(H,21,22). The van der Waals surface area contributed by atoms with Crippen molar-refractivity contribution in [3.63, 3.8) is 0 Å². The zero-order chi connectivity index (χ0) is 17.0. The van der Waals surface area contributed by atoms with Gasteiger partial charge >= 0.3 is 5.97 Å². The van der Waals surface area contributed by atoms with Gasteiger partial charge in [0.25, 0.3) is 0 Å². The molecule has 6 nitrogen and oxygen atoms in total. The van der Waals surface area contributed by atoms with Crippen LogP contribution in [0.4, 0.5) is 0 Å². The highest BCUT2D eigenvalue weighted by Gasteiger charge is 2.27. The van der Waals surface area contributed by atoms with Crippen LogP contribution in [0, 0.1) is 22.7 Å². The van der Waals surface area contributed by atoms with Crippen LogP contribution in [0.2, 0.25) is 0 Å². The third kappa shape index (κ3) is 3.03. The lowest BCUT2D eigenvalue weighted by Gasteiger charge is -2.16. The zero-order valence-electron chi connectivity index (χ0n) is 13.0. The minimum Gasteiger partial charge on any atom is -0.477 e. The molecule has 0 aliphatic heterocycles. The molecule has 6 heteroatoms. The number of allylic oxidation sites excluding steroid dienone is 2. The third-order valence-corrected chi connectivity index (χ3v) is 3.88.